The molecule has 0 spiro atoms. The third kappa shape index (κ3) is 7.22. The number of likely N-dealkylation sites (tertiary alicyclic amines) is 1. The third-order valence-corrected chi connectivity index (χ3v) is 7.03. The van der Waals surface area contributed by atoms with Gasteiger partial charge in [-0.05, 0) is 56.7 Å². The molecule has 2 fully saturated rings. The number of amides is 1. The summed E-state index contributed by atoms with van der Waals surface area (Å²) < 4.78 is 16.8. The SMILES string of the molecule is C.CCOC(=O)C1CCC(OC[C@@H]2C[C@H](OC)CN2C(=O)Cc2cc(Cl)c(N)cc2Cl)CC1. The van der Waals surface area contributed by atoms with E-state index in [1.807, 2.05) is 11.8 Å². The highest BCUT2D eigenvalue weighted by atomic mass is 35.5. The van der Waals surface area contributed by atoms with Crippen LogP contribution in [0.15, 0.2) is 12.1 Å². The van der Waals surface area contributed by atoms with Gasteiger partial charge in [0.1, 0.15) is 0 Å². The standard InChI is InChI=1S/C23H32Cl2N2O5.CH4/c1-3-31-23(29)14-4-6-17(7-5-14)32-13-16-10-18(30-2)12-27(16)22(28)9-15-8-20(25)21(26)11-19(15)24;/h8,11,14,16-18H,3-7,9-10,12-13,26H2,1-2H3;1H4/t14?,16-,17?,18-;/m0./s1. The van der Waals surface area contributed by atoms with Crippen molar-refractivity contribution in [2.24, 2.45) is 5.92 Å². The molecule has 0 unspecified atom stereocenters. The van der Waals surface area contributed by atoms with Crippen LogP contribution in [-0.4, -0.2) is 61.9 Å². The molecular weight excluding hydrogens is 467 g/mol. The normalized spacial score (nSPS) is 24.9. The second kappa shape index (κ2) is 12.8. The highest BCUT2D eigenvalue weighted by Gasteiger charge is 2.36. The first-order valence-corrected chi connectivity index (χ1v) is 11.9. The number of carbonyl (C=O) groups excluding carboxylic acids is 2. The third-order valence-electron chi connectivity index (χ3n) is 6.36. The molecule has 0 aromatic heterocycles. The van der Waals surface area contributed by atoms with Crippen molar-refractivity contribution in [2.75, 3.05) is 32.6 Å². The molecule has 2 atom stereocenters. The maximum absolute atomic E-state index is 13.1. The number of ether oxygens (including phenoxy) is 3. The Kier molecular flexibility index (Phi) is 10.7. The van der Waals surface area contributed by atoms with Crippen molar-refractivity contribution < 1.29 is 23.8 Å². The molecule has 9 heteroatoms. The second-order valence-electron chi connectivity index (χ2n) is 8.49. The fourth-order valence-corrected chi connectivity index (χ4v) is 4.91. The summed E-state index contributed by atoms with van der Waals surface area (Å²) in [5, 5.41) is 0.806. The second-order valence-corrected chi connectivity index (χ2v) is 9.31. The molecule has 2 N–H and O–H groups in total. The fourth-order valence-electron chi connectivity index (χ4n) is 4.48. The molecule has 1 amide bonds. The molecular formula is C24H36Cl2N2O5. The van der Waals surface area contributed by atoms with Gasteiger partial charge in [-0.15, -0.1) is 0 Å². The lowest BCUT2D eigenvalue weighted by atomic mass is 9.87. The fraction of sp³-hybridized carbons (Fsp3) is 0.667. The Bertz CT molecular complexity index is 814. The molecule has 1 saturated heterocycles. The maximum Gasteiger partial charge on any atom is 0.308 e. The van der Waals surface area contributed by atoms with Crippen LogP contribution in [0.1, 0.15) is 52.0 Å². The largest absolute Gasteiger partial charge is 0.466 e. The summed E-state index contributed by atoms with van der Waals surface area (Å²) >= 11 is 12.4. The molecule has 1 aliphatic heterocycles. The zero-order valence-electron chi connectivity index (χ0n) is 18.6. The smallest absolute Gasteiger partial charge is 0.308 e. The zero-order valence-corrected chi connectivity index (χ0v) is 20.2. The predicted molar refractivity (Wildman–Crippen MR) is 131 cm³/mol. The zero-order chi connectivity index (χ0) is 23.3. The van der Waals surface area contributed by atoms with Crippen LogP contribution in [-0.2, 0) is 30.2 Å². The number of nitrogen functional groups attached to an aromatic ring is 1. The molecule has 7 nitrogen and oxygen atoms in total. The molecule has 186 valence electrons. The summed E-state index contributed by atoms with van der Waals surface area (Å²) in [6.07, 6.45) is 4.09. The molecule has 0 radical (unpaired) electrons. The van der Waals surface area contributed by atoms with Crippen LogP contribution in [0.5, 0.6) is 0 Å². The number of hydrogen-bond acceptors (Lipinski definition) is 6. The Morgan fingerprint density at radius 2 is 1.82 bits per heavy atom. The van der Waals surface area contributed by atoms with Crippen molar-refractivity contribution in [1.29, 1.82) is 0 Å². The van der Waals surface area contributed by atoms with Crippen molar-refractivity contribution in [2.45, 2.75) is 71.1 Å². The number of nitrogens with two attached hydrogens (primary N) is 1. The van der Waals surface area contributed by atoms with Gasteiger partial charge in [-0.1, -0.05) is 30.6 Å². The molecule has 0 bridgehead atoms. The summed E-state index contributed by atoms with van der Waals surface area (Å²) in [6.45, 7) is 3.19. The number of benzene rings is 1. The lowest BCUT2D eigenvalue weighted by molar-refractivity contribution is -0.150. The van der Waals surface area contributed by atoms with Gasteiger partial charge < -0.3 is 24.8 Å². The topological polar surface area (TPSA) is 91.1 Å². The van der Waals surface area contributed by atoms with Gasteiger partial charge >= 0.3 is 5.97 Å². The van der Waals surface area contributed by atoms with Crippen molar-refractivity contribution in [3.63, 3.8) is 0 Å². The highest BCUT2D eigenvalue weighted by molar-refractivity contribution is 6.35. The molecule has 3 rings (SSSR count). The summed E-state index contributed by atoms with van der Waals surface area (Å²) in [7, 11) is 1.66. The van der Waals surface area contributed by atoms with E-state index in [0.29, 0.717) is 41.1 Å². The monoisotopic (exact) mass is 502 g/mol. The summed E-state index contributed by atoms with van der Waals surface area (Å²) in [5.41, 5.74) is 6.81. The molecule has 1 aliphatic carbocycles. The van der Waals surface area contributed by atoms with E-state index in [4.69, 9.17) is 43.1 Å². The average molecular weight is 503 g/mol. The molecule has 1 heterocycles. The van der Waals surface area contributed by atoms with E-state index in [0.717, 1.165) is 32.1 Å². The lowest BCUT2D eigenvalue weighted by Gasteiger charge is -2.30. The van der Waals surface area contributed by atoms with Crippen LogP contribution in [0, 0.1) is 5.92 Å². The number of nitrogens with zero attached hydrogens (tertiary/aromatic N) is 1. The van der Waals surface area contributed by atoms with E-state index >= 15 is 0 Å². The number of hydrogen-bond donors (Lipinski definition) is 1. The molecule has 1 saturated carbocycles. The molecule has 33 heavy (non-hydrogen) atoms. The Morgan fingerprint density at radius 1 is 1.12 bits per heavy atom. The number of carbonyl (C=O) groups is 2. The summed E-state index contributed by atoms with van der Waals surface area (Å²) in [6, 6.07) is 3.15. The Labute approximate surface area is 206 Å². The van der Waals surface area contributed by atoms with E-state index in [1.54, 1.807) is 19.2 Å². The van der Waals surface area contributed by atoms with Gasteiger partial charge in [-0.3, -0.25) is 9.59 Å². The van der Waals surface area contributed by atoms with E-state index in [-0.39, 0.29) is 49.9 Å². The van der Waals surface area contributed by atoms with Gasteiger partial charge in [0.05, 0.1) is 54.5 Å². The van der Waals surface area contributed by atoms with Crippen LogP contribution in [0.2, 0.25) is 10.0 Å². The van der Waals surface area contributed by atoms with Crippen LogP contribution in [0.3, 0.4) is 0 Å². The summed E-state index contributed by atoms with van der Waals surface area (Å²) in [5.74, 6) is -0.191. The minimum Gasteiger partial charge on any atom is -0.466 e. The van der Waals surface area contributed by atoms with Gasteiger partial charge in [0.2, 0.25) is 5.91 Å². The van der Waals surface area contributed by atoms with Crippen molar-refractivity contribution in [1.82, 2.24) is 4.90 Å². The quantitative estimate of drug-likeness (QED) is 0.415. The minimum atomic E-state index is -0.108. The molecule has 2 aliphatic rings. The van der Waals surface area contributed by atoms with Gasteiger partial charge in [0.25, 0.3) is 0 Å². The van der Waals surface area contributed by atoms with E-state index < -0.39 is 0 Å². The number of rotatable bonds is 8. The first kappa shape index (κ1) is 27.7. The average Bonchev–Trinajstić information content (AvgIpc) is 3.20. The van der Waals surface area contributed by atoms with Crippen molar-refractivity contribution >= 4 is 40.8 Å². The van der Waals surface area contributed by atoms with Gasteiger partial charge in [0, 0.05) is 18.7 Å². The number of halogens is 2. The molecule has 1 aromatic rings. The first-order valence-electron chi connectivity index (χ1n) is 11.2. The van der Waals surface area contributed by atoms with E-state index in [1.165, 1.54) is 0 Å². The maximum atomic E-state index is 13.1. The Morgan fingerprint density at radius 3 is 2.45 bits per heavy atom. The van der Waals surface area contributed by atoms with Gasteiger partial charge in [-0.25, -0.2) is 0 Å². The lowest BCUT2D eigenvalue weighted by Crippen LogP contribution is -2.40. The highest BCUT2D eigenvalue weighted by Crippen LogP contribution is 2.30. The van der Waals surface area contributed by atoms with Gasteiger partial charge in [0.15, 0.2) is 0 Å². The summed E-state index contributed by atoms with van der Waals surface area (Å²) in [4.78, 5) is 26.8. The van der Waals surface area contributed by atoms with Crippen molar-refractivity contribution in [3.8, 4) is 0 Å². The van der Waals surface area contributed by atoms with Crippen molar-refractivity contribution in [3.05, 3.63) is 27.7 Å². The predicted octanol–water partition coefficient (Wildman–Crippen LogP) is 4.51. The van der Waals surface area contributed by atoms with Crippen LogP contribution in [0.4, 0.5) is 5.69 Å². The number of methoxy groups -OCH3 is 1. The van der Waals surface area contributed by atoms with Crippen LogP contribution < -0.4 is 5.73 Å². The van der Waals surface area contributed by atoms with Gasteiger partial charge in [-0.2, -0.15) is 0 Å². The van der Waals surface area contributed by atoms with E-state index in [2.05, 4.69) is 0 Å². The Hall–Kier alpha value is -1.54. The van der Waals surface area contributed by atoms with Crippen LogP contribution in [0.25, 0.3) is 0 Å². The minimum absolute atomic E-state index is 0. The molecule has 1 aromatic carbocycles. The first-order chi connectivity index (χ1) is 15.3. The number of esters is 1. The number of anilines is 1. The Balaban J connectivity index is 0.00000385. The van der Waals surface area contributed by atoms with E-state index in [9.17, 15) is 9.59 Å². The van der Waals surface area contributed by atoms with Crippen LogP contribution >= 0.6 is 23.2 Å².